The molecule has 0 radical (unpaired) electrons. The van der Waals surface area contributed by atoms with Gasteiger partial charge in [-0.15, -0.1) is 0 Å². The first kappa shape index (κ1) is 15.3. The molecule has 112 valence electrons. The summed E-state index contributed by atoms with van der Waals surface area (Å²) in [6.45, 7) is 2.18. The van der Waals surface area contributed by atoms with Crippen LogP contribution in [0, 0.1) is 6.92 Å². The van der Waals surface area contributed by atoms with Gasteiger partial charge in [-0.2, -0.15) is 5.10 Å². The van der Waals surface area contributed by atoms with E-state index in [1.54, 1.807) is 18.3 Å². The molecule has 0 aliphatic carbocycles. The number of carbonyl (C=O) groups excluding carboxylic acids is 1. The number of ether oxygens (including phenoxy) is 1. The summed E-state index contributed by atoms with van der Waals surface area (Å²) in [4.78, 5) is 11.6. The summed E-state index contributed by atoms with van der Waals surface area (Å²) in [5.74, 6) is 0.231. The van der Waals surface area contributed by atoms with Crippen molar-refractivity contribution in [1.82, 2.24) is 15.1 Å². The fourth-order valence-corrected chi connectivity index (χ4v) is 1.84. The Bertz CT molecular complexity index is 628. The van der Waals surface area contributed by atoms with Gasteiger partial charge in [-0.05, 0) is 30.7 Å². The van der Waals surface area contributed by atoms with E-state index in [0.717, 1.165) is 5.56 Å². The average Bonchev–Trinajstić information content (AvgIpc) is 2.94. The maximum Gasteiger partial charge on any atom is 0.271 e. The first-order valence-corrected chi connectivity index (χ1v) is 6.79. The van der Waals surface area contributed by atoms with E-state index in [0.29, 0.717) is 10.8 Å². The van der Waals surface area contributed by atoms with Gasteiger partial charge >= 0.3 is 0 Å². The molecule has 1 amide bonds. The highest BCUT2D eigenvalue weighted by Gasteiger charge is 2.09. The van der Waals surface area contributed by atoms with Crippen molar-refractivity contribution in [3.8, 4) is 5.75 Å². The lowest BCUT2D eigenvalue weighted by Crippen LogP contribution is -2.26. The van der Waals surface area contributed by atoms with Gasteiger partial charge in [0.15, 0.2) is 6.73 Å². The van der Waals surface area contributed by atoms with Crippen molar-refractivity contribution in [3.63, 3.8) is 0 Å². The van der Waals surface area contributed by atoms with Crippen molar-refractivity contribution in [2.45, 2.75) is 13.7 Å². The molecule has 0 saturated carbocycles. The van der Waals surface area contributed by atoms with Gasteiger partial charge in [-0.3, -0.25) is 4.79 Å². The zero-order valence-corrected chi connectivity index (χ0v) is 12.3. The molecule has 0 aliphatic heterocycles. The third-order valence-corrected chi connectivity index (χ3v) is 3.02. The summed E-state index contributed by atoms with van der Waals surface area (Å²) >= 11 is 6.03. The number of halogens is 1. The molecule has 0 aliphatic rings. The smallest absolute Gasteiger partial charge is 0.271 e. The summed E-state index contributed by atoms with van der Waals surface area (Å²) in [6.07, 6.45) is 1.64. The Kier molecular flexibility index (Phi) is 5.19. The van der Waals surface area contributed by atoms with E-state index in [4.69, 9.17) is 21.4 Å². The van der Waals surface area contributed by atoms with E-state index in [-0.39, 0.29) is 31.5 Å². The average molecular weight is 310 g/mol. The number of nitrogens with one attached hydrogen (secondary N) is 1. The van der Waals surface area contributed by atoms with E-state index in [9.17, 15) is 4.79 Å². The molecule has 2 aromatic rings. The molecule has 6 nitrogen and oxygen atoms in total. The Hall–Kier alpha value is -2.05. The van der Waals surface area contributed by atoms with Gasteiger partial charge in [0, 0.05) is 12.7 Å². The number of hydrogen-bond donors (Lipinski definition) is 2. The number of carbonyl (C=O) groups is 1. The van der Waals surface area contributed by atoms with E-state index in [1.165, 1.54) is 4.68 Å². The van der Waals surface area contributed by atoms with Crippen LogP contribution in [-0.4, -0.2) is 33.9 Å². The lowest BCUT2D eigenvalue weighted by atomic mass is 10.2. The molecule has 0 unspecified atom stereocenters. The molecule has 1 aromatic heterocycles. The van der Waals surface area contributed by atoms with Crippen LogP contribution in [0.4, 0.5) is 0 Å². The lowest BCUT2D eigenvalue weighted by molar-refractivity contribution is 0.0937. The maximum absolute atomic E-state index is 11.6. The van der Waals surface area contributed by atoms with Crippen LogP contribution in [0.25, 0.3) is 0 Å². The van der Waals surface area contributed by atoms with Crippen molar-refractivity contribution in [2.75, 3.05) is 13.2 Å². The highest BCUT2D eigenvalue weighted by Crippen LogP contribution is 2.25. The molecule has 21 heavy (non-hydrogen) atoms. The monoisotopic (exact) mass is 309 g/mol. The molecule has 7 heteroatoms. The van der Waals surface area contributed by atoms with Crippen LogP contribution < -0.4 is 10.1 Å². The van der Waals surface area contributed by atoms with Crippen LogP contribution in [0.1, 0.15) is 16.1 Å². The van der Waals surface area contributed by atoms with E-state index in [2.05, 4.69) is 10.4 Å². The van der Waals surface area contributed by atoms with Crippen molar-refractivity contribution in [1.29, 1.82) is 0 Å². The number of aromatic nitrogens is 2. The zero-order valence-electron chi connectivity index (χ0n) is 11.5. The summed E-state index contributed by atoms with van der Waals surface area (Å²) in [5.41, 5.74) is 1.31. The van der Waals surface area contributed by atoms with Gasteiger partial charge < -0.3 is 15.2 Å². The predicted molar refractivity (Wildman–Crippen MR) is 78.5 cm³/mol. The number of benzene rings is 1. The molecule has 0 atom stereocenters. The molecular weight excluding hydrogens is 294 g/mol. The Labute approximate surface area is 127 Å². The van der Waals surface area contributed by atoms with Crippen LogP contribution in [0.2, 0.25) is 5.02 Å². The van der Waals surface area contributed by atoms with Crippen LogP contribution in [0.15, 0.2) is 30.5 Å². The molecule has 0 spiro atoms. The number of amides is 1. The zero-order chi connectivity index (χ0) is 15.2. The number of aryl methyl sites for hydroxylation is 1. The number of hydrogen-bond acceptors (Lipinski definition) is 4. The van der Waals surface area contributed by atoms with Gasteiger partial charge in [-0.1, -0.05) is 17.7 Å². The van der Waals surface area contributed by atoms with Gasteiger partial charge in [-0.25, -0.2) is 4.68 Å². The largest absolute Gasteiger partial charge is 0.470 e. The van der Waals surface area contributed by atoms with Gasteiger partial charge in [0.2, 0.25) is 0 Å². The minimum Gasteiger partial charge on any atom is -0.470 e. The molecular formula is C14H16ClN3O3. The SMILES string of the molecule is Cc1ccc(Cl)c(OCn2ccc(C(=O)NCCO)n2)c1. The van der Waals surface area contributed by atoms with Crippen LogP contribution in [0.3, 0.4) is 0 Å². The molecule has 2 rings (SSSR count). The summed E-state index contributed by atoms with van der Waals surface area (Å²) < 4.78 is 7.07. The van der Waals surface area contributed by atoms with Gasteiger partial charge in [0.1, 0.15) is 11.4 Å². The van der Waals surface area contributed by atoms with Gasteiger partial charge in [0.25, 0.3) is 5.91 Å². The second-order valence-corrected chi connectivity index (χ2v) is 4.83. The minimum absolute atomic E-state index is 0.110. The second kappa shape index (κ2) is 7.10. The highest BCUT2D eigenvalue weighted by molar-refractivity contribution is 6.32. The number of aliphatic hydroxyl groups excluding tert-OH is 1. The van der Waals surface area contributed by atoms with Crippen LogP contribution in [-0.2, 0) is 6.73 Å². The minimum atomic E-state index is -0.337. The molecule has 0 fully saturated rings. The Morgan fingerprint density at radius 2 is 2.29 bits per heavy atom. The normalized spacial score (nSPS) is 10.4. The Morgan fingerprint density at radius 1 is 1.48 bits per heavy atom. The second-order valence-electron chi connectivity index (χ2n) is 4.43. The predicted octanol–water partition coefficient (Wildman–Crippen LogP) is 1.60. The maximum atomic E-state index is 11.6. The molecule has 0 bridgehead atoms. The summed E-state index contributed by atoms with van der Waals surface area (Å²) in [5, 5.41) is 15.8. The third-order valence-electron chi connectivity index (χ3n) is 2.71. The van der Waals surface area contributed by atoms with Crippen molar-refractivity contribution in [2.24, 2.45) is 0 Å². The fraction of sp³-hybridized carbons (Fsp3) is 0.286. The fourth-order valence-electron chi connectivity index (χ4n) is 1.67. The Balaban J connectivity index is 1.96. The number of nitrogens with zero attached hydrogens (tertiary/aromatic N) is 2. The van der Waals surface area contributed by atoms with Crippen LogP contribution >= 0.6 is 11.6 Å². The quantitative estimate of drug-likeness (QED) is 0.850. The van der Waals surface area contributed by atoms with Crippen molar-refractivity contribution >= 4 is 17.5 Å². The standard InChI is InChI=1S/C14H16ClN3O3/c1-10-2-3-11(15)13(8-10)21-9-18-6-4-12(17-18)14(20)16-5-7-19/h2-4,6,8,19H,5,7,9H2,1H3,(H,16,20). The highest BCUT2D eigenvalue weighted by atomic mass is 35.5. The molecule has 1 heterocycles. The van der Waals surface area contributed by atoms with Gasteiger partial charge in [0.05, 0.1) is 11.6 Å². The third kappa shape index (κ3) is 4.21. The van der Waals surface area contributed by atoms with Crippen molar-refractivity contribution < 1.29 is 14.6 Å². The van der Waals surface area contributed by atoms with E-state index < -0.39 is 0 Å². The van der Waals surface area contributed by atoms with Crippen LogP contribution in [0.5, 0.6) is 5.75 Å². The van der Waals surface area contributed by atoms with E-state index in [1.807, 2.05) is 19.1 Å². The van der Waals surface area contributed by atoms with Crippen molar-refractivity contribution in [3.05, 3.63) is 46.7 Å². The molecule has 0 saturated heterocycles. The number of aliphatic hydroxyl groups is 1. The molecule has 1 aromatic carbocycles. The lowest BCUT2D eigenvalue weighted by Gasteiger charge is -2.08. The number of rotatable bonds is 6. The first-order valence-electron chi connectivity index (χ1n) is 6.41. The topological polar surface area (TPSA) is 76.4 Å². The van der Waals surface area contributed by atoms with E-state index >= 15 is 0 Å². The first-order chi connectivity index (χ1) is 10.1. The molecule has 2 N–H and O–H groups in total. The summed E-state index contributed by atoms with van der Waals surface area (Å²) in [7, 11) is 0. The Morgan fingerprint density at radius 3 is 3.05 bits per heavy atom. The summed E-state index contributed by atoms with van der Waals surface area (Å²) in [6, 6.07) is 7.07.